The summed E-state index contributed by atoms with van der Waals surface area (Å²) in [4.78, 5) is 26.1. The van der Waals surface area contributed by atoms with Gasteiger partial charge in [-0.1, -0.05) is 6.07 Å². The number of para-hydroxylation sites is 1. The molecule has 1 fully saturated rings. The Hall–Kier alpha value is -3.21. The number of alkyl halides is 3. The van der Waals surface area contributed by atoms with Gasteiger partial charge in [-0.3, -0.25) is 9.78 Å². The van der Waals surface area contributed by atoms with Crippen LogP contribution in [-0.4, -0.2) is 51.7 Å². The van der Waals surface area contributed by atoms with Gasteiger partial charge in [0.2, 0.25) is 0 Å². The van der Waals surface area contributed by atoms with Crippen molar-refractivity contribution in [3.05, 3.63) is 42.0 Å². The molecular weight excluding hydrogens is 428 g/mol. The van der Waals surface area contributed by atoms with Gasteiger partial charge in [0.05, 0.1) is 22.3 Å². The van der Waals surface area contributed by atoms with E-state index in [1.165, 1.54) is 24.5 Å². The summed E-state index contributed by atoms with van der Waals surface area (Å²) in [5.41, 5.74) is 6.93. The predicted molar refractivity (Wildman–Crippen MR) is 112 cm³/mol. The molecule has 1 saturated heterocycles. The van der Waals surface area contributed by atoms with Crippen LogP contribution in [0.5, 0.6) is 0 Å². The molecule has 4 rings (SSSR count). The van der Waals surface area contributed by atoms with Crippen molar-refractivity contribution in [2.75, 3.05) is 18.0 Å². The molecule has 4 N–H and O–H groups in total. The van der Waals surface area contributed by atoms with Crippen LogP contribution in [-0.2, 0) is 0 Å². The minimum absolute atomic E-state index is 0.0442. The highest BCUT2D eigenvalue weighted by Gasteiger charge is 2.39. The van der Waals surface area contributed by atoms with Crippen molar-refractivity contribution in [2.24, 2.45) is 5.73 Å². The molecule has 0 saturated carbocycles. The van der Waals surface area contributed by atoms with Crippen LogP contribution in [0.4, 0.5) is 23.2 Å². The highest BCUT2D eigenvalue weighted by atomic mass is 19.4. The number of nitrogens with one attached hydrogen (secondary N) is 2. The van der Waals surface area contributed by atoms with Crippen LogP contribution in [0.1, 0.15) is 30.6 Å². The number of pyridine rings is 1. The van der Waals surface area contributed by atoms with E-state index in [1.807, 2.05) is 17.1 Å². The average molecular weight is 450 g/mol. The van der Waals surface area contributed by atoms with Crippen molar-refractivity contribution in [2.45, 2.75) is 38.0 Å². The zero-order valence-corrected chi connectivity index (χ0v) is 17.4. The van der Waals surface area contributed by atoms with Gasteiger partial charge in [0.15, 0.2) is 5.82 Å². The number of halogens is 4. The van der Waals surface area contributed by atoms with Crippen molar-refractivity contribution in [3.63, 3.8) is 0 Å². The van der Waals surface area contributed by atoms with Crippen LogP contribution in [0.15, 0.2) is 30.6 Å². The molecule has 7 nitrogen and oxygen atoms in total. The summed E-state index contributed by atoms with van der Waals surface area (Å²) in [5, 5.41) is 1.98. The van der Waals surface area contributed by atoms with Crippen LogP contribution < -0.4 is 16.0 Å². The van der Waals surface area contributed by atoms with Gasteiger partial charge in [-0.15, -0.1) is 0 Å². The number of hydrogen-bond acceptors (Lipinski definition) is 5. The number of benzene rings is 1. The molecule has 0 unspecified atom stereocenters. The molecule has 0 aliphatic carbocycles. The predicted octanol–water partition coefficient (Wildman–Crippen LogP) is 3.37. The maximum Gasteiger partial charge on any atom is 0.408 e. The Bertz CT molecular complexity index is 1170. The zero-order valence-electron chi connectivity index (χ0n) is 17.4. The number of hydrogen-bond donors (Lipinski definition) is 3. The summed E-state index contributed by atoms with van der Waals surface area (Å²) in [6.45, 7) is 3.57. The molecule has 170 valence electrons. The Kier molecular flexibility index (Phi) is 5.32. The smallest absolute Gasteiger partial charge is 0.368 e. The first-order valence-electron chi connectivity index (χ1n) is 10.0. The largest absolute Gasteiger partial charge is 0.408 e. The van der Waals surface area contributed by atoms with Gasteiger partial charge < -0.3 is 20.9 Å². The van der Waals surface area contributed by atoms with Gasteiger partial charge in [0, 0.05) is 31.0 Å². The molecule has 32 heavy (non-hydrogen) atoms. The SMILES string of the molecule is C[C@H](NC(=O)c1cncc(-c2nc3c(F)cccc3[nH]2)c1N1CC[C@](C)(N)C1)C(F)(F)F. The number of rotatable bonds is 4. The first-order valence-corrected chi connectivity index (χ1v) is 10.0. The number of anilines is 1. The van der Waals surface area contributed by atoms with Gasteiger partial charge in [-0.25, -0.2) is 9.37 Å². The topological polar surface area (TPSA) is 99.9 Å². The van der Waals surface area contributed by atoms with E-state index in [0.717, 1.165) is 6.92 Å². The first kappa shape index (κ1) is 22.0. The van der Waals surface area contributed by atoms with Crippen LogP contribution in [0, 0.1) is 5.82 Å². The fourth-order valence-electron chi connectivity index (χ4n) is 3.79. The first-order chi connectivity index (χ1) is 15.0. The summed E-state index contributed by atoms with van der Waals surface area (Å²) in [6, 6.07) is 2.40. The van der Waals surface area contributed by atoms with Gasteiger partial charge in [-0.2, -0.15) is 13.2 Å². The van der Waals surface area contributed by atoms with Crippen LogP contribution in [0.3, 0.4) is 0 Å². The molecule has 1 aliphatic heterocycles. The molecule has 0 bridgehead atoms. The number of fused-ring (bicyclic) bond motifs is 1. The number of H-pyrrole nitrogens is 1. The average Bonchev–Trinajstić information content (AvgIpc) is 3.30. The third-order valence-corrected chi connectivity index (χ3v) is 5.54. The summed E-state index contributed by atoms with van der Waals surface area (Å²) < 4.78 is 53.2. The van der Waals surface area contributed by atoms with Crippen LogP contribution in [0.25, 0.3) is 22.4 Å². The normalized spacial score (nSPS) is 20.0. The highest BCUT2D eigenvalue weighted by Crippen LogP contribution is 2.37. The minimum Gasteiger partial charge on any atom is -0.368 e. The van der Waals surface area contributed by atoms with E-state index in [1.54, 1.807) is 6.07 Å². The molecule has 0 radical (unpaired) electrons. The summed E-state index contributed by atoms with van der Waals surface area (Å²) in [7, 11) is 0. The molecule has 0 spiro atoms. The lowest BCUT2D eigenvalue weighted by atomic mass is 10.0. The summed E-state index contributed by atoms with van der Waals surface area (Å²) in [6.07, 6.45) is -1.32. The number of aromatic nitrogens is 3. The molecule has 11 heteroatoms. The second-order valence-electron chi connectivity index (χ2n) is 8.37. The Morgan fingerprint density at radius 3 is 2.72 bits per heavy atom. The van der Waals surface area contributed by atoms with Crippen LogP contribution in [0.2, 0.25) is 0 Å². The lowest BCUT2D eigenvalue weighted by Crippen LogP contribution is -2.44. The maximum atomic E-state index is 14.2. The third-order valence-electron chi connectivity index (χ3n) is 5.54. The van der Waals surface area contributed by atoms with Crippen molar-refractivity contribution in [3.8, 4) is 11.4 Å². The van der Waals surface area contributed by atoms with Gasteiger partial charge >= 0.3 is 6.18 Å². The monoisotopic (exact) mass is 450 g/mol. The Morgan fingerprint density at radius 1 is 1.34 bits per heavy atom. The number of nitrogens with zero attached hydrogens (tertiary/aromatic N) is 3. The molecule has 1 aliphatic rings. The number of aromatic amines is 1. The van der Waals surface area contributed by atoms with Gasteiger partial charge in [0.25, 0.3) is 5.91 Å². The van der Waals surface area contributed by atoms with E-state index >= 15 is 0 Å². The van der Waals surface area contributed by atoms with E-state index in [9.17, 15) is 22.4 Å². The summed E-state index contributed by atoms with van der Waals surface area (Å²) >= 11 is 0. The second-order valence-corrected chi connectivity index (χ2v) is 8.37. The summed E-state index contributed by atoms with van der Waals surface area (Å²) in [5.74, 6) is -1.20. The van der Waals surface area contributed by atoms with Gasteiger partial charge in [-0.05, 0) is 32.4 Å². The fraction of sp³-hybridized carbons (Fsp3) is 0.381. The van der Waals surface area contributed by atoms with Gasteiger partial charge in [0.1, 0.15) is 17.4 Å². The van der Waals surface area contributed by atoms with E-state index in [-0.39, 0.29) is 16.9 Å². The quantitative estimate of drug-likeness (QED) is 0.530. The molecule has 3 aromatic rings. The highest BCUT2D eigenvalue weighted by molar-refractivity contribution is 6.03. The number of carbonyl (C=O) groups excluding carboxylic acids is 1. The molecule has 1 aromatic carbocycles. The van der Waals surface area contributed by atoms with Crippen LogP contribution >= 0.6 is 0 Å². The minimum atomic E-state index is -4.60. The Labute approximate surface area is 181 Å². The molecule has 3 heterocycles. The molecular formula is C21H22F4N6O. The number of amides is 1. The fourth-order valence-corrected chi connectivity index (χ4v) is 3.79. The van der Waals surface area contributed by atoms with E-state index < -0.39 is 29.5 Å². The van der Waals surface area contributed by atoms with Crippen molar-refractivity contribution in [1.29, 1.82) is 0 Å². The standard InChI is InChI=1S/C21H22F4N6O/c1-11(21(23,24)25)28-19(32)13-9-27-8-12(17(13)31-7-6-20(2,26)10-31)18-29-15-5-3-4-14(22)16(15)30-18/h3-5,8-9,11H,6-7,10,26H2,1-2H3,(H,28,32)(H,29,30)/t11-,20-/m0/s1. The number of imidazole rings is 1. The zero-order chi connectivity index (χ0) is 23.3. The molecule has 1 amide bonds. The third kappa shape index (κ3) is 4.12. The number of carbonyl (C=O) groups is 1. The second kappa shape index (κ2) is 7.73. The Morgan fingerprint density at radius 2 is 2.09 bits per heavy atom. The lowest BCUT2D eigenvalue weighted by Gasteiger charge is -2.26. The lowest BCUT2D eigenvalue weighted by molar-refractivity contribution is -0.149. The molecule has 2 atom stereocenters. The van der Waals surface area contributed by atoms with Crippen molar-refractivity contribution in [1.82, 2.24) is 20.3 Å². The van der Waals surface area contributed by atoms with E-state index in [0.29, 0.717) is 36.3 Å². The maximum absolute atomic E-state index is 14.2. The van der Waals surface area contributed by atoms with Crippen molar-refractivity contribution < 1.29 is 22.4 Å². The Balaban J connectivity index is 1.84. The number of nitrogens with two attached hydrogens (primary N) is 1. The van der Waals surface area contributed by atoms with E-state index in [2.05, 4.69) is 15.0 Å². The van der Waals surface area contributed by atoms with E-state index in [4.69, 9.17) is 5.73 Å². The van der Waals surface area contributed by atoms with Crippen molar-refractivity contribution >= 4 is 22.6 Å². The molecule has 2 aromatic heterocycles.